The van der Waals surface area contributed by atoms with Gasteiger partial charge < -0.3 is 5.73 Å². The van der Waals surface area contributed by atoms with Crippen LogP contribution in [0, 0.1) is 0 Å². The minimum Gasteiger partial charge on any atom is -0.369 e. The predicted octanol–water partition coefficient (Wildman–Crippen LogP) is 4.19. The van der Waals surface area contributed by atoms with Crippen LogP contribution in [0.1, 0.15) is 33.0 Å². The Balaban J connectivity index is 1.91. The number of ketones is 1. The lowest BCUT2D eigenvalue weighted by molar-refractivity contribution is -0.118. The van der Waals surface area contributed by atoms with Crippen molar-refractivity contribution >= 4 is 23.3 Å². The molecule has 3 nitrogen and oxygen atoms in total. The molecule has 0 aliphatic rings. The largest absolute Gasteiger partial charge is 0.369 e. The zero-order valence-electron chi connectivity index (χ0n) is 13.4. The van der Waals surface area contributed by atoms with Crippen molar-refractivity contribution in [2.24, 2.45) is 5.73 Å². The second-order valence-corrected chi connectivity index (χ2v) is 6.14. The number of carbonyl (C=O) groups excluding carboxylic acids is 2. The molecule has 0 spiro atoms. The van der Waals surface area contributed by atoms with E-state index in [1.807, 2.05) is 18.2 Å². The summed E-state index contributed by atoms with van der Waals surface area (Å²) in [7, 11) is 0. The highest BCUT2D eigenvalue weighted by molar-refractivity contribution is 6.30. The summed E-state index contributed by atoms with van der Waals surface area (Å²) in [4.78, 5) is 24.4. The number of rotatable bonds is 5. The van der Waals surface area contributed by atoms with Crippen LogP contribution in [0.5, 0.6) is 0 Å². The Morgan fingerprint density at radius 2 is 1.20 bits per heavy atom. The van der Waals surface area contributed by atoms with Crippen molar-refractivity contribution in [2.75, 3.05) is 0 Å². The van der Waals surface area contributed by atoms with E-state index in [9.17, 15) is 9.59 Å². The highest BCUT2D eigenvalue weighted by Crippen LogP contribution is 2.26. The molecule has 1 unspecified atom stereocenters. The van der Waals surface area contributed by atoms with Gasteiger partial charge in [0.1, 0.15) is 0 Å². The topological polar surface area (TPSA) is 60.2 Å². The molecule has 0 radical (unpaired) electrons. The quantitative estimate of drug-likeness (QED) is 0.702. The number of nitrogens with two attached hydrogens (primary N) is 1. The molecule has 4 heteroatoms. The molecule has 1 atom stereocenters. The van der Waals surface area contributed by atoms with Crippen molar-refractivity contribution < 1.29 is 9.59 Å². The van der Waals surface area contributed by atoms with Crippen LogP contribution in [0.3, 0.4) is 0 Å². The van der Waals surface area contributed by atoms with Crippen LogP contribution in [0.15, 0.2) is 78.9 Å². The molecule has 2 N–H and O–H groups in total. The summed E-state index contributed by atoms with van der Waals surface area (Å²) in [6.07, 6.45) is 0. The van der Waals surface area contributed by atoms with Gasteiger partial charge in [0.15, 0.2) is 5.78 Å². The number of hydrogen-bond donors (Lipinski definition) is 1. The van der Waals surface area contributed by atoms with Gasteiger partial charge in [0, 0.05) is 16.1 Å². The molecule has 124 valence electrons. The smallest absolute Gasteiger partial charge is 0.229 e. The Morgan fingerprint density at radius 3 is 1.72 bits per heavy atom. The molecule has 3 rings (SSSR count). The number of carbonyl (C=O) groups is 2. The maximum Gasteiger partial charge on any atom is 0.229 e. The third-order valence-electron chi connectivity index (χ3n) is 4.03. The van der Waals surface area contributed by atoms with Crippen LogP contribution >= 0.6 is 11.6 Å². The van der Waals surface area contributed by atoms with E-state index in [4.69, 9.17) is 17.3 Å². The van der Waals surface area contributed by atoms with Gasteiger partial charge in [-0.25, -0.2) is 0 Å². The molecule has 3 aromatic carbocycles. The minimum atomic E-state index is -0.585. The maximum absolute atomic E-state index is 12.5. The number of primary amides is 1. The fourth-order valence-corrected chi connectivity index (χ4v) is 2.89. The van der Waals surface area contributed by atoms with Gasteiger partial charge in [-0.3, -0.25) is 9.59 Å². The summed E-state index contributed by atoms with van der Waals surface area (Å²) in [6, 6.07) is 23.0. The molecule has 0 heterocycles. The third kappa shape index (κ3) is 3.78. The van der Waals surface area contributed by atoms with Crippen molar-refractivity contribution in [3.8, 4) is 0 Å². The van der Waals surface area contributed by atoms with Gasteiger partial charge in [-0.1, -0.05) is 78.3 Å². The minimum absolute atomic E-state index is 0.0609. The first-order chi connectivity index (χ1) is 12.1. The Kier molecular flexibility index (Phi) is 4.96. The van der Waals surface area contributed by atoms with Crippen LogP contribution in [-0.4, -0.2) is 11.7 Å². The van der Waals surface area contributed by atoms with Crippen LogP contribution in [0.4, 0.5) is 0 Å². The molecule has 1 amide bonds. The van der Waals surface area contributed by atoms with Gasteiger partial charge in [-0.15, -0.1) is 0 Å². The number of halogens is 1. The van der Waals surface area contributed by atoms with Crippen molar-refractivity contribution in [1.82, 2.24) is 0 Å². The molecular weight excluding hydrogens is 334 g/mol. The number of hydrogen-bond acceptors (Lipinski definition) is 2. The summed E-state index contributed by atoms with van der Waals surface area (Å²) < 4.78 is 0. The van der Waals surface area contributed by atoms with Crippen LogP contribution in [0.2, 0.25) is 5.02 Å². The number of benzene rings is 3. The van der Waals surface area contributed by atoms with Crippen molar-refractivity contribution in [2.45, 2.75) is 5.92 Å². The summed E-state index contributed by atoms with van der Waals surface area (Å²) in [5.74, 6) is -1.10. The van der Waals surface area contributed by atoms with Crippen LogP contribution in [-0.2, 0) is 4.79 Å². The molecule has 0 aliphatic carbocycles. The van der Waals surface area contributed by atoms with E-state index in [-0.39, 0.29) is 5.78 Å². The second kappa shape index (κ2) is 7.32. The Bertz CT molecular complexity index is 887. The molecule has 0 saturated carbocycles. The molecule has 0 fully saturated rings. The summed E-state index contributed by atoms with van der Waals surface area (Å²) in [5, 5.41) is 0.593. The monoisotopic (exact) mass is 349 g/mol. The summed E-state index contributed by atoms with van der Waals surface area (Å²) >= 11 is 5.90. The number of amides is 1. The van der Waals surface area contributed by atoms with Gasteiger partial charge in [-0.2, -0.15) is 0 Å². The van der Waals surface area contributed by atoms with E-state index in [1.165, 1.54) is 0 Å². The lowest BCUT2D eigenvalue weighted by atomic mass is 9.89. The first kappa shape index (κ1) is 16.9. The maximum atomic E-state index is 12.5. The zero-order valence-corrected chi connectivity index (χ0v) is 14.1. The SMILES string of the molecule is NC(=O)C(c1ccc(Cl)cc1)c1ccc(C(=O)c2ccccc2)cc1. The van der Waals surface area contributed by atoms with E-state index in [0.717, 1.165) is 11.1 Å². The predicted molar refractivity (Wildman–Crippen MR) is 98.8 cm³/mol. The summed E-state index contributed by atoms with van der Waals surface area (Å²) in [6.45, 7) is 0. The molecular formula is C21H16ClNO2. The van der Waals surface area contributed by atoms with E-state index < -0.39 is 11.8 Å². The standard InChI is InChI=1S/C21H16ClNO2/c22-18-12-10-15(11-13-18)19(21(23)25)14-6-8-17(9-7-14)20(24)16-4-2-1-3-5-16/h1-13,19H,(H2,23,25). The van der Waals surface area contributed by atoms with Gasteiger partial charge >= 0.3 is 0 Å². The fraction of sp³-hybridized carbons (Fsp3) is 0.0476. The van der Waals surface area contributed by atoms with Gasteiger partial charge in [0.25, 0.3) is 0 Å². The highest BCUT2D eigenvalue weighted by atomic mass is 35.5. The van der Waals surface area contributed by atoms with Crippen LogP contribution in [0.25, 0.3) is 0 Å². The first-order valence-corrected chi connectivity index (χ1v) is 8.18. The van der Waals surface area contributed by atoms with E-state index >= 15 is 0 Å². The highest BCUT2D eigenvalue weighted by Gasteiger charge is 2.20. The average Bonchev–Trinajstić information content (AvgIpc) is 2.64. The Morgan fingerprint density at radius 1 is 0.720 bits per heavy atom. The molecule has 0 aromatic heterocycles. The fourth-order valence-electron chi connectivity index (χ4n) is 2.76. The zero-order chi connectivity index (χ0) is 17.8. The second-order valence-electron chi connectivity index (χ2n) is 5.70. The summed E-state index contributed by atoms with van der Waals surface area (Å²) in [5.41, 5.74) is 8.28. The van der Waals surface area contributed by atoms with Crippen molar-refractivity contribution in [1.29, 1.82) is 0 Å². The average molecular weight is 350 g/mol. The molecule has 0 bridgehead atoms. The first-order valence-electron chi connectivity index (χ1n) is 7.81. The van der Waals surface area contributed by atoms with E-state index in [1.54, 1.807) is 60.7 Å². The van der Waals surface area contributed by atoms with Gasteiger partial charge in [0.05, 0.1) is 5.92 Å². The Hall–Kier alpha value is -2.91. The lowest BCUT2D eigenvalue weighted by Gasteiger charge is -2.15. The van der Waals surface area contributed by atoms with Gasteiger partial charge in [0.2, 0.25) is 5.91 Å². The lowest BCUT2D eigenvalue weighted by Crippen LogP contribution is -2.22. The Labute approximate surface area is 151 Å². The van der Waals surface area contributed by atoms with Crippen LogP contribution < -0.4 is 5.73 Å². The molecule has 0 aliphatic heterocycles. The van der Waals surface area contributed by atoms with E-state index in [2.05, 4.69) is 0 Å². The molecule has 3 aromatic rings. The van der Waals surface area contributed by atoms with Crippen molar-refractivity contribution in [3.05, 3.63) is 106 Å². The van der Waals surface area contributed by atoms with Crippen molar-refractivity contribution in [3.63, 3.8) is 0 Å². The normalized spacial score (nSPS) is 11.7. The van der Waals surface area contributed by atoms with E-state index in [0.29, 0.717) is 16.1 Å². The third-order valence-corrected chi connectivity index (χ3v) is 4.28. The van der Waals surface area contributed by atoms with Gasteiger partial charge in [-0.05, 0) is 23.3 Å². The molecule has 25 heavy (non-hydrogen) atoms. The molecule has 0 saturated heterocycles.